The highest BCUT2D eigenvalue weighted by molar-refractivity contribution is 7.99. The van der Waals surface area contributed by atoms with Gasteiger partial charge in [-0.05, 0) is 37.8 Å². The summed E-state index contributed by atoms with van der Waals surface area (Å²) in [5, 5.41) is 10.7. The first-order chi connectivity index (χ1) is 12.1. The Balaban J connectivity index is 1.46. The number of rotatable bonds is 7. The zero-order valence-electron chi connectivity index (χ0n) is 14.7. The molecule has 1 heterocycles. The van der Waals surface area contributed by atoms with Crippen LogP contribution in [-0.4, -0.2) is 32.9 Å². The van der Waals surface area contributed by atoms with Gasteiger partial charge in [0.2, 0.25) is 11.1 Å². The van der Waals surface area contributed by atoms with Crippen molar-refractivity contribution in [1.29, 1.82) is 0 Å². The van der Waals surface area contributed by atoms with Crippen LogP contribution in [-0.2, 0) is 11.4 Å². The number of hydrogen-bond acceptors (Lipinski definition) is 5. The van der Waals surface area contributed by atoms with Crippen LogP contribution < -0.4 is 10.1 Å². The fraction of sp³-hybridized carbons (Fsp3) is 0.500. The standard InChI is InChI=1S/C18H24N4O2S/c1-12-6-5-7-13(2)17(12)24-10-15-20-18(22-21-15)25-11-16(23)19-14-8-3-4-9-14/h5-7,14H,3-4,8-11H2,1-2H3,(H,19,23)(H,20,21,22). The number of para-hydroxylation sites is 1. The Bertz CT molecular complexity index is 705. The third kappa shape index (κ3) is 4.98. The molecule has 134 valence electrons. The molecule has 1 amide bonds. The normalized spacial score (nSPS) is 14.6. The minimum Gasteiger partial charge on any atom is -0.485 e. The molecular formula is C18H24N4O2S. The Morgan fingerprint density at radius 2 is 2.04 bits per heavy atom. The van der Waals surface area contributed by atoms with E-state index in [1.807, 2.05) is 32.0 Å². The lowest BCUT2D eigenvalue weighted by atomic mass is 10.1. The molecule has 1 aliphatic rings. The second-order valence-corrected chi connectivity index (χ2v) is 7.35. The topological polar surface area (TPSA) is 79.9 Å². The first-order valence-electron chi connectivity index (χ1n) is 8.64. The molecule has 0 bridgehead atoms. The molecule has 0 radical (unpaired) electrons. The van der Waals surface area contributed by atoms with Crippen LogP contribution in [0.3, 0.4) is 0 Å². The molecule has 0 saturated heterocycles. The summed E-state index contributed by atoms with van der Waals surface area (Å²) in [6.07, 6.45) is 4.61. The van der Waals surface area contributed by atoms with Gasteiger partial charge >= 0.3 is 0 Å². The van der Waals surface area contributed by atoms with Crippen molar-refractivity contribution in [3.8, 4) is 5.75 Å². The van der Waals surface area contributed by atoms with Gasteiger partial charge in [0.1, 0.15) is 12.4 Å². The molecule has 25 heavy (non-hydrogen) atoms. The SMILES string of the molecule is Cc1cccc(C)c1OCc1nc(SCC(=O)NC2CCCC2)n[nH]1. The molecule has 2 aromatic rings. The Labute approximate surface area is 152 Å². The summed E-state index contributed by atoms with van der Waals surface area (Å²) in [6.45, 7) is 4.37. The summed E-state index contributed by atoms with van der Waals surface area (Å²) >= 11 is 1.34. The molecule has 1 aromatic carbocycles. The molecule has 7 heteroatoms. The third-order valence-electron chi connectivity index (χ3n) is 4.33. The number of carbonyl (C=O) groups excluding carboxylic acids is 1. The fourth-order valence-corrected chi connectivity index (χ4v) is 3.67. The number of amides is 1. The maximum absolute atomic E-state index is 11.9. The predicted molar refractivity (Wildman–Crippen MR) is 97.8 cm³/mol. The number of benzene rings is 1. The molecule has 2 N–H and O–H groups in total. The van der Waals surface area contributed by atoms with Crippen molar-refractivity contribution in [3.63, 3.8) is 0 Å². The second kappa shape index (κ2) is 8.38. The molecule has 3 rings (SSSR count). The van der Waals surface area contributed by atoms with Gasteiger partial charge in [-0.2, -0.15) is 0 Å². The molecule has 0 atom stereocenters. The molecule has 0 spiro atoms. The van der Waals surface area contributed by atoms with E-state index >= 15 is 0 Å². The van der Waals surface area contributed by atoms with Crippen molar-refractivity contribution in [3.05, 3.63) is 35.2 Å². The van der Waals surface area contributed by atoms with Crippen molar-refractivity contribution in [2.24, 2.45) is 0 Å². The van der Waals surface area contributed by atoms with Crippen LogP contribution in [0, 0.1) is 13.8 Å². The lowest BCUT2D eigenvalue weighted by Crippen LogP contribution is -2.33. The number of ether oxygens (including phenoxy) is 1. The van der Waals surface area contributed by atoms with Crippen LogP contribution in [0.4, 0.5) is 0 Å². The zero-order chi connectivity index (χ0) is 17.6. The van der Waals surface area contributed by atoms with Gasteiger partial charge in [0.15, 0.2) is 5.82 Å². The van der Waals surface area contributed by atoms with E-state index in [1.54, 1.807) is 0 Å². The van der Waals surface area contributed by atoms with Crippen LogP contribution >= 0.6 is 11.8 Å². The highest BCUT2D eigenvalue weighted by Gasteiger charge is 2.17. The maximum Gasteiger partial charge on any atom is 0.230 e. The number of nitrogens with one attached hydrogen (secondary N) is 2. The number of aryl methyl sites for hydroxylation is 2. The smallest absolute Gasteiger partial charge is 0.230 e. The minimum atomic E-state index is 0.0510. The molecule has 1 aromatic heterocycles. The first kappa shape index (κ1) is 17.8. The van der Waals surface area contributed by atoms with Crippen LogP contribution in [0.15, 0.2) is 23.4 Å². The summed E-state index contributed by atoms with van der Waals surface area (Å²) < 4.78 is 5.86. The quantitative estimate of drug-likeness (QED) is 0.742. The summed E-state index contributed by atoms with van der Waals surface area (Å²) in [4.78, 5) is 16.3. The van der Waals surface area contributed by atoms with Crippen molar-refractivity contribution in [2.75, 3.05) is 5.75 Å². The number of aromatic amines is 1. The van der Waals surface area contributed by atoms with Crippen LogP contribution in [0.2, 0.25) is 0 Å². The van der Waals surface area contributed by atoms with E-state index < -0.39 is 0 Å². The number of nitrogens with zero attached hydrogens (tertiary/aromatic N) is 2. The van der Waals surface area contributed by atoms with Crippen molar-refractivity contribution < 1.29 is 9.53 Å². The van der Waals surface area contributed by atoms with Gasteiger partial charge < -0.3 is 10.1 Å². The summed E-state index contributed by atoms with van der Waals surface area (Å²) in [6, 6.07) is 6.40. The van der Waals surface area contributed by atoms with Gasteiger partial charge in [0, 0.05) is 6.04 Å². The summed E-state index contributed by atoms with van der Waals surface area (Å²) in [5.74, 6) is 1.92. The molecule has 1 saturated carbocycles. The lowest BCUT2D eigenvalue weighted by Gasteiger charge is -2.10. The lowest BCUT2D eigenvalue weighted by molar-refractivity contribution is -0.119. The van der Waals surface area contributed by atoms with E-state index in [0.717, 1.165) is 29.7 Å². The fourth-order valence-electron chi connectivity index (χ4n) is 3.04. The van der Waals surface area contributed by atoms with E-state index in [2.05, 4.69) is 20.5 Å². The van der Waals surface area contributed by atoms with E-state index in [0.29, 0.717) is 29.4 Å². The van der Waals surface area contributed by atoms with Crippen molar-refractivity contribution in [1.82, 2.24) is 20.5 Å². The molecule has 0 unspecified atom stereocenters. The molecule has 1 fully saturated rings. The van der Waals surface area contributed by atoms with Crippen molar-refractivity contribution in [2.45, 2.75) is 57.3 Å². The Hall–Kier alpha value is -2.02. The van der Waals surface area contributed by atoms with Gasteiger partial charge in [-0.1, -0.05) is 42.8 Å². The van der Waals surface area contributed by atoms with Crippen LogP contribution in [0.5, 0.6) is 5.75 Å². The van der Waals surface area contributed by atoms with Gasteiger partial charge in [0.25, 0.3) is 0 Å². The van der Waals surface area contributed by atoms with Gasteiger partial charge in [-0.25, -0.2) is 4.98 Å². The molecular weight excluding hydrogens is 336 g/mol. The van der Waals surface area contributed by atoms with E-state index in [1.165, 1.54) is 24.6 Å². The van der Waals surface area contributed by atoms with Gasteiger partial charge in [-0.15, -0.1) is 5.10 Å². The van der Waals surface area contributed by atoms with Crippen molar-refractivity contribution >= 4 is 17.7 Å². The highest BCUT2D eigenvalue weighted by atomic mass is 32.2. The first-order valence-corrected chi connectivity index (χ1v) is 9.63. The van der Waals surface area contributed by atoms with Gasteiger partial charge in [-0.3, -0.25) is 9.89 Å². The third-order valence-corrected chi connectivity index (χ3v) is 5.17. The predicted octanol–water partition coefficient (Wildman–Crippen LogP) is 3.15. The van der Waals surface area contributed by atoms with Gasteiger partial charge in [0.05, 0.1) is 5.75 Å². The minimum absolute atomic E-state index is 0.0510. The number of thioether (sulfide) groups is 1. The monoisotopic (exact) mass is 360 g/mol. The Morgan fingerprint density at radius 1 is 1.32 bits per heavy atom. The number of H-pyrrole nitrogens is 1. The zero-order valence-corrected chi connectivity index (χ0v) is 15.5. The molecule has 0 aliphatic heterocycles. The second-order valence-electron chi connectivity index (χ2n) is 6.41. The maximum atomic E-state index is 11.9. The van der Waals surface area contributed by atoms with E-state index in [9.17, 15) is 4.79 Å². The summed E-state index contributed by atoms with van der Waals surface area (Å²) in [7, 11) is 0. The molecule has 1 aliphatic carbocycles. The Morgan fingerprint density at radius 3 is 2.76 bits per heavy atom. The number of carbonyl (C=O) groups is 1. The number of hydrogen-bond donors (Lipinski definition) is 2. The average molecular weight is 360 g/mol. The number of aromatic nitrogens is 3. The van der Waals surface area contributed by atoms with Crippen LogP contribution in [0.25, 0.3) is 0 Å². The Kier molecular flexibility index (Phi) is 5.96. The average Bonchev–Trinajstić information content (AvgIpc) is 3.24. The van der Waals surface area contributed by atoms with Crippen LogP contribution in [0.1, 0.15) is 42.6 Å². The van der Waals surface area contributed by atoms with E-state index in [-0.39, 0.29) is 5.91 Å². The highest BCUT2D eigenvalue weighted by Crippen LogP contribution is 2.23. The van der Waals surface area contributed by atoms with E-state index in [4.69, 9.17) is 4.74 Å². The summed E-state index contributed by atoms with van der Waals surface area (Å²) in [5.41, 5.74) is 2.19. The molecule has 6 nitrogen and oxygen atoms in total. The largest absolute Gasteiger partial charge is 0.485 e.